The lowest BCUT2D eigenvalue weighted by Crippen LogP contribution is -2.82. The quantitative estimate of drug-likeness (QED) is 0.735. The van der Waals surface area contributed by atoms with Crippen LogP contribution in [0.2, 0.25) is 0 Å². The first kappa shape index (κ1) is 16.1. The van der Waals surface area contributed by atoms with Crippen molar-refractivity contribution in [1.29, 1.82) is 0 Å². The molecule has 0 aromatic heterocycles. The predicted octanol–water partition coefficient (Wildman–Crippen LogP) is 2.38. The topological polar surface area (TPSA) is 24.9 Å². The minimum Gasteiger partial charge on any atom is -0.374 e. The van der Waals surface area contributed by atoms with E-state index in [0.29, 0.717) is 0 Å². The van der Waals surface area contributed by atoms with Gasteiger partial charge in [0.1, 0.15) is 0 Å². The Kier molecular flexibility index (Phi) is 4.66. The second-order valence-corrected chi connectivity index (χ2v) is 10.8. The molecule has 0 radical (unpaired) electrons. The summed E-state index contributed by atoms with van der Waals surface area (Å²) >= 11 is 0. The average Bonchev–Trinajstić information content (AvgIpc) is 2.14. The molecule has 0 saturated carbocycles. The molecule has 0 aromatic rings. The summed E-state index contributed by atoms with van der Waals surface area (Å²) in [5.41, 5.74) is 0.534. The van der Waals surface area contributed by atoms with Crippen molar-refractivity contribution in [3.05, 3.63) is 0 Å². The molecule has 1 heterocycles. The van der Waals surface area contributed by atoms with E-state index < -0.39 is 8.88 Å². The second-order valence-electron chi connectivity index (χ2n) is 7.62. The van der Waals surface area contributed by atoms with Gasteiger partial charge in [-0.25, -0.2) is 0 Å². The number of nitrogens with zero attached hydrogens (tertiary/aromatic N) is 2. The van der Waals surface area contributed by atoms with Crippen molar-refractivity contribution < 1.29 is 8.85 Å². The van der Waals surface area contributed by atoms with Gasteiger partial charge in [0.2, 0.25) is 0 Å². The highest BCUT2D eigenvalue weighted by atomic mass is 28.4. The van der Waals surface area contributed by atoms with Gasteiger partial charge in [0.05, 0.1) is 0 Å². The number of hydrogen-bond acceptors (Lipinski definition) is 4. The zero-order valence-corrected chi connectivity index (χ0v) is 14.3. The van der Waals surface area contributed by atoms with Crippen LogP contribution in [-0.4, -0.2) is 52.0 Å². The fourth-order valence-corrected chi connectivity index (χ4v) is 5.97. The Morgan fingerprint density at radius 3 is 1.39 bits per heavy atom. The van der Waals surface area contributed by atoms with Crippen molar-refractivity contribution in [3.63, 3.8) is 0 Å². The molecule has 0 unspecified atom stereocenters. The van der Waals surface area contributed by atoms with Crippen LogP contribution >= 0.6 is 0 Å². The predicted molar refractivity (Wildman–Crippen MR) is 77.0 cm³/mol. The summed E-state index contributed by atoms with van der Waals surface area (Å²) in [4.78, 5) is 0. The molecule has 0 amide bonds. The van der Waals surface area contributed by atoms with Crippen LogP contribution in [0.1, 0.15) is 41.5 Å². The van der Waals surface area contributed by atoms with Gasteiger partial charge in [0.25, 0.3) is 0 Å². The van der Waals surface area contributed by atoms with Crippen molar-refractivity contribution >= 4 is 8.88 Å². The lowest BCUT2D eigenvalue weighted by molar-refractivity contribution is -0.0240. The van der Waals surface area contributed by atoms with Gasteiger partial charge in [-0.15, -0.1) is 0 Å². The van der Waals surface area contributed by atoms with E-state index in [-0.39, 0.29) is 10.8 Å². The second kappa shape index (κ2) is 5.21. The summed E-state index contributed by atoms with van der Waals surface area (Å²) < 4.78 is 16.4. The standard InChI is InChI=1S/C13H30N2O2Si/c1-12(2,3)9-14-11-15(10-13(4,5)6)18(14,16-7)17-8/h9-11H2,1-8H3. The van der Waals surface area contributed by atoms with E-state index in [9.17, 15) is 0 Å². The molecule has 5 heteroatoms. The van der Waals surface area contributed by atoms with E-state index in [2.05, 4.69) is 50.7 Å². The molecule has 1 aliphatic heterocycles. The molecule has 18 heavy (non-hydrogen) atoms. The summed E-state index contributed by atoms with van der Waals surface area (Å²) in [6.07, 6.45) is 0. The highest BCUT2D eigenvalue weighted by Crippen LogP contribution is 2.34. The van der Waals surface area contributed by atoms with Gasteiger partial charge in [-0.1, -0.05) is 41.5 Å². The first-order valence-corrected chi connectivity index (χ1v) is 8.35. The van der Waals surface area contributed by atoms with Crippen LogP contribution in [0.15, 0.2) is 0 Å². The van der Waals surface area contributed by atoms with Crippen LogP contribution in [0.5, 0.6) is 0 Å². The van der Waals surface area contributed by atoms with Gasteiger partial charge in [0, 0.05) is 34.0 Å². The maximum atomic E-state index is 5.81. The molecule has 0 aromatic carbocycles. The fraction of sp³-hybridized carbons (Fsp3) is 1.00. The third-order valence-corrected chi connectivity index (χ3v) is 6.26. The number of hydrogen-bond donors (Lipinski definition) is 0. The van der Waals surface area contributed by atoms with Crippen molar-refractivity contribution in [2.75, 3.05) is 34.0 Å². The zero-order valence-electron chi connectivity index (χ0n) is 13.3. The number of rotatable bonds is 4. The summed E-state index contributed by atoms with van der Waals surface area (Å²) in [5.74, 6) is 0. The van der Waals surface area contributed by atoms with Crippen molar-refractivity contribution in [1.82, 2.24) is 9.13 Å². The monoisotopic (exact) mass is 274 g/mol. The molecule has 1 saturated heterocycles. The maximum Gasteiger partial charge on any atom is 0.524 e. The maximum absolute atomic E-state index is 5.81. The summed E-state index contributed by atoms with van der Waals surface area (Å²) in [5, 5.41) is 0. The first-order valence-electron chi connectivity index (χ1n) is 6.64. The van der Waals surface area contributed by atoms with Gasteiger partial charge in [-0.2, -0.15) is 0 Å². The van der Waals surface area contributed by atoms with Crippen molar-refractivity contribution in [3.8, 4) is 0 Å². The van der Waals surface area contributed by atoms with E-state index in [1.807, 2.05) is 0 Å². The minimum absolute atomic E-state index is 0.267. The molecule has 4 nitrogen and oxygen atoms in total. The summed E-state index contributed by atoms with van der Waals surface area (Å²) in [7, 11) is 1.25. The van der Waals surface area contributed by atoms with E-state index in [1.165, 1.54) is 0 Å². The van der Waals surface area contributed by atoms with Gasteiger partial charge in [-0.3, -0.25) is 9.13 Å². The van der Waals surface area contributed by atoms with Crippen LogP contribution in [-0.2, 0) is 8.85 Å². The molecule has 1 fully saturated rings. The normalized spacial score (nSPS) is 22.0. The molecule has 0 aliphatic carbocycles. The Balaban J connectivity index is 2.76. The van der Waals surface area contributed by atoms with Gasteiger partial charge in [-0.05, 0) is 10.8 Å². The van der Waals surface area contributed by atoms with Crippen molar-refractivity contribution in [2.45, 2.75) is 41.5 Å². The van der Waals surface area contributed by atoms with Crippen molar-refractivity contribution in [2.24, 2.45) is 10.8 Å². The molecule has 0 N–H and O–H groups in total. The Hall–Kier alpha value is 0.0569. The highest BCUT2D eigenvalue weighted by Gasteiger charge is 2.60. The third kappa shape index (κ3) is 3.54. The van der Waals surface area contributed by atoms with E-state index in [4.69, 9.17) is 8.85 Å². The van der Waals surface area contributed by atoms with Crippen LogP contribution in [0.25, 0.3) is 0 Å². The van der Waals surface area contributed by atoms with E-state index in [0.717, 1.165) is 19.8 Å². The zero-order chi connectivity index (χ0) is 14.2. The Labute approximate surface area is 114 Å². The molecule has 1 aliphatic rings. The molecular formula is C13H30N2O2Si. The highest BCUT2D eigenvalue weighted by molar-refractivity contribution is 6.63. The van der Waals surface area contributed by atoms with E-state index >= 15 is 0 Å². The van der Waals surface area contributed by atoms with Gasteiger partial charge < -0.3 is 8.85 Å². The average molecular weight is 274 g/mol. The molecular weight excluding hydrogens is 244 g/mol. The summed E-state index contributed by atoms with van der Waals surface area (Å²) in [6.45, 7) is 16.5. The Morgan fingerprint density at radius 1 is 0.833 bits per heavy atom. The van der Waals surface area contributed by atoms with Crippen LogP contribution in [0.4, 0.5) is 0 Å². The Bertz CT molecular complexity index is 256. The van der Waals surface area contributed by atoms with Crippen LogP contribution in [0, 0.1) is 10.8 Å². The SMILES string of the molecule is CO[Si]1(OC)N(CC(C)(C)C)CN1CC(C)(C)C. The lowest BCUT2D eigenvalue weighted by atomic mass is 9.96. The van der Waals surface area contributed by atoms with Gasteiger partial charge in [0.15, 0.2) is 0 Å². The molecule has 108 valence electrons. The smallest absolute Gasteiger partial charge is 0.374 e. The Morgan fingerprint density at radius 2 is 1.17 bits per heavy atom. The molecule has 0 spiro atoms. The fourth-order valence-electron chi connectivity index (χ4n) is 2.55. The first-order chi connectivity index (χ1) is 8.04. The molecule has 0 atom stereocenters. The lowest BCUT2D eigenvalue weighted by Gasteiger charge is -2.57. The minimum atomic E-state index is -2.30. The summed E-state index contributed by atoms with van der Waals surface area (Å²) in [6, 6.07) is 0. The van der Waals surface area contributed by atoms with Crippen LogP contribution in [0.3, 0.4) is 0 Å². The molecule has 1 rings (SSSR count). The third-order valence-electron chi connectivity index (χ3n) is 3.00. The molecule has 0 bridgehead atoms. The largest absolute Gasteiger partial charge is 0.524 e. The van der Waals surface area contributed by atoms with Crippen LogP contribution < -0.4 is 0 Å². The van der Waals surface area contributed by atoms with Gasteiger partial charge >= 0.3 is 8.88 Å². The van der Waals surface area contributed by atoms with E-state index in [1.54, 1.807) is 14.2 Å².